The van der Waals surface area contributed by atoms with Crippen LogP contribution in [0, 0.1) is 0 Å². The maximum absolute atomic E-state index is 12.1. The van der Waals surface area contributed by atoms with Gasteiger partial charge in [0.1, 0.15) is 4.90 Å². The Hall–Kier alpha value is -1.60. The molecule has 0 fully saturated rings. The van der Waals surface area contributed by atoms with E-state index in [0.29, 0.717) is 0 Å². The monoisotopic (exact) mass is 257 g/mol. The quantitative estimate of drug-likeness (QED) is 0.720. The Morgan fingerprint density at radius 2 is 2.00 bits per heavy atom. The van der Waals surface area contributed by atoms with Gasteiger partial charge in [0.15, 0.2) is 0 Å². The second kappa shape index (κ2) is 5.15. The first-order valence-corrected chi connectivity index (χ1v) is 6.35. The molecule has 1 rings (SSSR count). The summed E-state index contributed by atoms with van der Waals surface area (Å²) in [6, 6.07) is 6.13. The minimum atomic E-state index is -3.73. The summed E-state index contributed by atoms with van der Waals surface area (Å²) in [7, 11) is -0.953. The van der Waals surface area contributed by atoms with E-state index in [4.69, 9.17) is 5.73 Å². The molecule has 94 valence electrons. The fourth-order valence-corrected chi connectivity index (χ4v) is 2.49. The topological polar surface area (TPSA) is 92.5 Å². The summed E-state index contributed by atoms with van der Waals surface area (Å²) in [5.74, 6) is -0.384. The Kier molecular flexibility index (Phi) is 4.08. The molecule has 0 spiro atoms. The lowest BCUT2D eigenvalue weighted by Crippen LogP contribution is -2.37. The number of nitrogens with two attached hydrogens (primary N) is 1. The number of anilines is 1. The molecular weight excluding hydrogens is 242 g/mol. The molecule has 7 heteroatoms. The molecule has 0 unspecified atom stereocenters. The minimum absolute atomic E-state index is 0.00593. The van der Waals surface area contributed by atoms with E-state index in [1.54, 1.807) is 12.1 Å². The lowest BCUT2D eigenvalue weighted by atomic mass is 10.3. The van der Waals surface area contributed by atoms with Crippen molar-refractivity contribution < 1.29 is 13.2 Å². The van der Waals surface area contributed by atoms with Crippen molar-refractivity contribution >= 4 is 21.6 Å². The molecule has 0 bridgehead atoms. The average molecular weight is 257 g/mol. The van der Waals surface area contributed by atoms with Crippen LogP contribution in [-0.2, 0) is 14.8 Å². The minimum Gasteiger partial charge on any atom is -0.398 e. The van der Waals surface area contributed by atoms with Crippen LogP contribution in [-0.4, -0.2) is 39.3 Å². The summed E-state index contributed by atoms with van der Waals surface area (Å²) < 4.78 is 25.1. The van der Waals surface area contributed by atoms with Crippen molar-refractivity contribution in [2.45, 2.75) is 4.90 Å². The second-order valence-electron chi connectivity index (χ2n) is 3.47. The van der Waals surface area contributed by atoms with E-state index in [-0.39, 0.29) is 23.0 Å². The van der Waals surface area contributed by atoms with Crippen LogP contribution in [0.15, 0.2) is 29.2 Å². The third-order valence-electron chi connectivity index (χ3n) is 2.25. The van der Waals surface area contributed by atoms with E-state index < -0.39 is 10.0 Å². The largest absolute Gasteiger partial charge is 0.398 e. The van der Waals surface area contributed by atoms with Gasteiger partial charge in [0.05, 0.1) is 12.2 Å². The normalized spacial score (nSPS) is 11.5. The van der Waals surface area contributed by atoms with Crippen LogP contribution in [0.5, 0.6) is 0 Å². The highest BCUT2D eigenvalue weighted by Gasteiger charge is 2.24. The van der Waals surface area contributed by atoms with Crippen LogP contribution in [0.25, 0.3) is 0 Å². The molecule has 0 aliphatic rings. The van der Waals surface area contributed by atoms with E-state index in [0.717, 1.165) is 4.31 Å². The van der Waals surface area contributed by atoms with E-state index in [1.807, 2.05) is 0 Å². The number of rotatable bonds is 4. The molecule has 0 aliphatic heterocycles. The maximum atomic E-state index is 12.1. The van der Waals surface area contributed by atoms with Gasteiger partial charge in [-0.3, -0.25) is 4.79 Å². The summed E-state index contributed by atoms with van der Waals surface area (Å²) in [6.45, 7) is -0.243. The molecule has 17 heavy (non-hydrogen) atoms. The van der Waals surface area contributed by atoms with Gasteiger partial charge in [-0.05, 0) is 12.1 Å². The van der Waals surface area contributed by atoms with Gasteiger partial charge in [-0.1, -0.05) is 12.1 Å². The molecule has 0 atom stereocenters. The Balaban J connectivity index is 3.04. The number of nitrogen functional groups attached to an aromatic ring is 1. The van der Waals surface area contributed by atoms with Gasteiger partial charge in [0.2, 0.25) is 15.9 Å². The third-order valence-corrected chi connectivity index (χ3v) is 4.13. The molecule has 0 heterocycles. The SMILES string of the molecule is CNC(=O)CN(C)S(=O)(=O)c1ccccc1N. The highest BCUT2D eigenvalue weighted by atomic mass is 32.2. The lowest BCUT2D eigenvalue weighted by Gasteiger charge is -2.17. The van der Waals surface area contributed by atoms with Crippen molar-refractivity contribution in [3.8, 4) is 0 Å². The van der Waals surface area contributed by atoms with Crippen LogP contribution in [0.4, 0.5) is 5.69 Å². The van der Waals surface area contributed by atoms with Gasteiger partial charge in [-0.25, -0.2) is 8.42 Å². The zero-order valence-corrected chi connectivity index (χ0v) is 10.5. The number of sulfonamides is 1. The first kappa shape index (κ1) is 13.5. The number of hydrogen-bond acceptors (Lipinski definition) is 4. The molecule has 3 N–H and O–H groups in total. The van der Waals surface area contributed by atoms with E-state index in [2.05, 4.69) is 5.32 Å². The standard InChI is InChI=1S/C10H15N3O3S/c1-12-10(14)7-13(2)17(15,16)9-6-4-3-5-8(9)11/h3-6H,7,11H2,1-2H3,(H,12,14). The zero-order chi connectivity index (χ0) is 13.1. The lowest BCUT2D eigenvalue weighted by molar-refractivity contribution is -0.120. The zero-order valence-electron chi connectivity index (χ0n) is 9.67. The number of benzene rings is 1. The molecule has 0 aromatic heterocycles. The number of carbonyl (C=O) groups excluding carboxylic acids is 1. The highest BCUT2D eigenvalue weighted by molar-refractivity contribution is 7.89. The summed E-state index contributed by atoms with van der Waals surface area (Å²) in [5.41, 5.74) is 5.76. The smallest absolute Gasteiger partial charge is 0.245 e. The molecule has 0 aliphatic carbocycles. The molecule has 1 aromatic carbocycles. The van der Waals surface area contributed by atoms with Gasteiger partial charge in [0.25, 0.3) is 0 Å². The van der Waals surface area contributed by atoms with Crippen LogP contribution in [0.3, 0.4) is 0 Å². The number of nitrogens with zero attached hydrogens (tertiary/aromatic N) is 1. The first-order valence-electron chi connectivity index (χ1n) is 4.91. The predicted molar refractivity (Wildman–Crippen MR) is 64.7 cm³/mol. The Bertz CT molecular complexity index is 513. The van der Waals surface area contributed by atoms with Crippen molar-refractivity contribution in [2.75, 3.05) is 26.4 Å². The van der Waals surface area contributed by atoms with Crippen molar-refractivity contribution in [3.63, 3.8) is 0 Å². The predicted octanol–water partition coefficient (Wildman–Crippen LogP) is -0.365. The Labute approximate surface area is 100 Å². The number of nitrogens with one attached hydrogen (secondary N) is 1. The highest BCUT2D eigenvalue weighted by Crippen LogP contribution is 2.20. The Morgan fingerprint density at radius 3 is 2.53 bits per heavy atom. The van der Waals surface area contributed by atoms with Crippen LogP contribution in [0.2, 0.25) is 0 Å². The molecule has 0 saturated heterocycles. The number of hydrogen-bond donors (Lipinski definition) is 2. The summed E-state index contributed by atoms with van der Waals surface area (Å²) in [5, 5.41) is 2.36. The van der Waals surface area contributed by atoms with Crippen molar-refractivity contribution in [2.24, 2.45) is 0 Å². The summed E-state index contributed by atoms with van der Waals surface area (Å²) in [6.07, 6.45) is 0. The fourth-order valence-electron chi connectivity index (χ4n) is 1.25. The fraction of sp³-hybridized carbons (Fsp3) is 0.300. The molecule has 0 saturated carbocycles. The third kappa shape index (κ3) is 2.95. The molecule has 1 aromatic rings. The van der Waals surface area contributed by atoms with E-state index in [1.165, 1.54) is 26.2 Å². The van der Waals surface area contributed by atoms with Crippen molar-refractivity contribution in [1.82, 2.24) is 9.62 Å². The van der Waals surface area contributed by atoms with Gasteiger partial charge < -0.3 is 11.1 Å². The van der Waals surface area contributed by atoms with Gasteiger partial charge in [-0.15, -0.1) is 0 Å². The number of para-hydroxylation sites is 1. The van der Waals surface area contributed by atoms with Crippen LogP contribution >= 0.6 is 0 Å². The van der Waals surface area contributed by atoms with Gasteiger partial charge >= 0.3 is 0 Å². The van der Waals surface area contributed by atoms with Crippen molar-refractivity contribution in [1.29, 1.82) is 0 Å². The average Bonchev–Trinajstić information content (AvgIpc) is 2.29. The number of carbonyl (C=O) groups is 1. The molecule has 0 radical (unpaired) electrons. The van der Waals surface area contributed by atoms with Crippen LogP contribution < -0.4 is 11.1 Å². The van der Waals surface area contributed by atoms with E-state index >= 15 is 0 Å². The number of likely N-dealkylation sites (N-methyl/N-ethyl adjacent to an activating group) is 2. The van der Waals surface area contributed by atoms with Gasteiger partial charge in [0, 0.05) is 14.1 Å². The molecule has 1 amide bonds. The molecular formula is C10H15N3O3S. The first-order chi connectivity index (χ1) is 7.89. The van der Waals surface area contributed by atoms with E-state index in [9.17, 15) is 13.2 Å². The maximum Gasteiger partial charge on any atom is 0.245 e. The number of amides is 1. The summed E-state index contributed by atoms with van der Waals surface area (Å²) in [4.78, 5) is 11.1. The van der Waals surface area contributed by atoms with Crippen molar-refractivity contribution in [3.05, 3.63) is 24.3 Å². The Morgan fingerprint density at radius 1 is 1.41 bits per heavy atom. The second-order valence-corrected chi connectivity index (χ2v) is 5.49. The molecule has 6 nitrogen and oxygen atoms in total. The van der Waals surface area contributed by atoms with Crippen LogP contribution in [0.1, 0.15) is 0 Å². The van der Waals surface area contributed by atoms with Gasteiger partial charge in [-0.2, -0.15) is 4.31 Å². The summed E-state index contributed by atoms with van der Waals surface area (Å²) >= 11 is 0.